The molecule has 0 saturated carbocycles. The van der Waals surface area contributed by atoms with Gasteiger partial charge < -0.3 is 13.6 Å². The SMILES string of the molecule is CC.CCOP(Cc1cn(C)c2ccc(-c3ccc(F)cc3)cc12)OCC. The Balaban J connectivity index is 0.00000126. The summed E-state index contributed by atoms with van der Waals surface area (Å²) in [5, 5.41) is 1.19. The molecule has 3 aromatic rings. The Morgan fingerprint density at radius 3 is 2.11 bits per heavy atom. The minimum absolute atomic E-state index is 0.218. The maximum atomic E-state index is 13.2. The van der Waals surface area contributed by atoms with Gasteiger partial charge >= 0.3 is 0 Å². The predicted molar refractivity (Wildman–Crippen MR) is 114 cm³/mol. The highest BCUT2D eigenvalue weighted by Gasteiger charge is 2.15. The van der Waals surface area contributed by atoms with Crippen LogP contribution in [0.2, 0.25) is 0 Å². The molecule has 0 N–H and O–H groups in total. The van der Waals surface area contributed by atoms with E-state index in [-0.39, 0.29) is 5.82 Å². The zero-order valence-corrected chi connectivity index (χ0v) is 17.7. The Morgan fingerprint density at radius 2 is 1.52 bits per heavy atom. The third kappa shape index (κ3) is 5.38. The van der Waals surface area contributed by atoms with Crippen molar-refractivity contribution in [2.45, 2.75) is 33.9 Å². The van der Waals surface area contributed by atoms with Crippen molar-refractivity contribution >= 4 is 19.3 Å². The molecule has 0 saturated heterocycles. The number of aryl methyl sites for hydroxylation is 1. The van der Waals surface area contributed by atoms with Gasteiger partial charge in [0.05, 0.1) is 13.2 Å². The molecule has 1 aromatic heterocycles. The molecular weight excluding hydrogens is 360 g/mol. The topological polar surface area (TPSA) is 23.4 Å². The van der Waals surface area contributed by atoms with Crippen molar-refractivity contribution in [3.8, 4) is 11.1 Å². The van der Waals surface area contributed by atoms with Gasteiger partial charge in [0.2, 0.25) is 0 Å². The number of aromatic nitrogens is 1. The van der Waals surface area contributed by atoms with E-state index in [0.717, 1.165) is 17.3 Å². The summed E-state index contributed by atoms with van der Waals surface area (Å²) in [4.78, 5) is 0. The van der Waals surface area contributed by atoms with E-state index in [4.69, 9.17) is 9.05 Å². The summed E-state index contributed by atoms with van der Waals surface area (Å²) in [6.07, 6.45) is 2.91. The van der Waals surface area contributed by atoms with Gasteiger partial charge in [-0.25, -0.2) is 4.39 Å². The van der Waals surface area contributed by atoms with Crippen LogP contribution in [-0.4, -0.2) is 17.8 Å². The number of fused-ring (bicyclic) bond motifs is 1. The van der Waals surface area contributed by atoms with Gasteiger partial charge in [-0.05, 0) is 54.8 Å². The minimum Gasteiger partial charge on any atom is -0.350 e. The fourth-order valence-corrected chi connectivity index (χ4v) is 4.34. The van der Waals surface area contributed by atoms with Gasteiger partial charge in [0, 0.05) is 30.3 Å². The summed E-state index contributed by atoms with van der Waals surface area (Å²) in [7, 11) is 1.12. The van der Waals surface area contributed by atoms with Crippen LogP contribution in [0.25, 0.3) is 22.0 Å². The molecule has 0 aliphatic carbocycles. The van der Waals surface area contributed by atoms with Crippen molar-refractivity contribution in [2.75, 3.05) is 13.2 Å². The Hall–Kier alpha value is -1.74. The van der Waals surface area contributed by atoms with E-state index in [9.17, 15) is 4.39 Å². The highest BCUT2D eigenvalue weighted by molar-refractivity contribution is 7.46. The molecule has 0 bridgehead atoms. The van der Waals surface area contributed by atoms with Crippen LogP contribution in [0.15, 0.2) is 48.7 Å². The van der Waals surface area contributed by atoms with E-state index < -0.39 is 8.38 Å². The molecule has 0 atom stereocenters. The summed E-state index contributed by atoms with van der Waals surface area (Å²) >= 11 is 0. The summed E-state index contributed by atoms with van der Waals surface area (Å²) in [6.45, 7) is 9.28. The van der Waals surface area contributed by atoms with Crippen LogP contribution in [0.5, 0.6) is 0 Å². The van der Waals surface area contributed by atoms with Crippen molar-refractivity contribution in [2.24, 2.45) is 7.05 Å². The number of halogens is 1. The molecule has 5 heteroatoms. The van der Waals surface area contributed by atoms with Gasteiger partial charge in [-0.2, -0.15) is 0 Å². The Bertz CT molecular complexity index is 839. The smallest absolute Gasteiger partial charge is 0.175 e. The minimum atomic E-state index is -0.928. The van der Waals surface area contributed by atoms with E-state index in [1.165, 1.54) is 28.6 Å². The lowest BCUT2D eigenvalue weighted by atomic mass is 10.0. The average molecular weight is 389 g/mol. The zero-order chi connectivity index (χ0) is 19.8. The van der Waals surface area contributed by atoms with Crippen molar-refractivity contribution in [3.63, 3.8) is 0 Å². The molecule has 1 heterocycles. The lowest BCUT2D eigenvalue weighted by Gasteiger charge is -2.15. The molecule has 0 amide bonds. The van der Waals surface area contributed by atoms with E-state index in [2.05, 4.69) is 29.0 Å². The number of hydrogen-bond acceptors (Lipinski definition) is 2. The third-order valence-electron chi connectivity index (χ3n) is 4.10. The molecule has 0 unspecified atom stereocenters. The lowest BCUT2D eigenvalue weighted by molar-refractivity contribution is 0.268. The second-order valence-corrected chi connectivity index (χ2v) is 7.33. The highest BCUT2D eigenvalue weighted by atomic mass is 31.2. The third-order valence-corrected chi connectivity index (χ3v) is 5.79. The first kappa shape index (κ1) is 21.6. The molecular formula is C22H29FNO2P. The van der Waals surface area contributed by atoms with E-state index >= 15 is 0 Å². The van der Waals surface area contributed by atoms with E-state index in [0.29, 0.717) is 13.2 Å². The lowest BCUT2D eigenvalue weighted by Crippen LogP contribution is -1.94. The molecule has 0 radical (unpaired) electrons. The van der Waals surface area contributed by atoms with Gasteiger partial charge in [0.15, 0.2) is 8.38 Å². The van der Waals surface area contributed by atoms with Crippen molar-refractivity contribution in [1.82, 2.24) is 4.57 Å². The first-order chi connectivity index (χ1) is 13.1. The average Bonchev–Trinajstić information content (AvgIpc) is 2.99. The molecule has 27 heavy (non-hydrogen) atoms. The molecule has 2 aromatic carbocycles. The fraction of sp³-hybridized carbons (Fsp3) is 0.364. The number of hydrogen-bond donors (Lipinski definition) is 0. The summed E-state index contributed by atoms with van der Waals surface area (Å²) < 4.78 is 26.8. The first-order valence-corrected chi connectivity index (χ1v) is 10.9. The predicted octanol–water partition coefficient (Wildman–Crippen LogP) is 6.90. The Labute approximate surface area is 163 Å². The Morgan fingerprint density at radius 1 is 0.926 bits per heavy atom. The van der Waals surface area contributed by atoms with Gasteiger partial charge in [-0.1, -0.05) is 32.0 Å². The molecule has 0 aliphatic rings. The normalized spacial score (nSPS) is 10.9. The van der Waals surface area contributed by atoms with Gasteiger partial charge in [0.25, 0.3) is 0 Å². The molecule has 0 fully saturated rings. The van der Waals surface area contributed by atoms with E-state index in [1.807, 2.05) is 46.9 Å². The summed E-state index contributed by atoms with van der Waals surface area (Å²) in [6, 6.07) is 13.0. The molecule has 146 valence electrons. The van der Waals surface area contributed by atoms with Crippen LogP contribution in [-0.2, 0) is 22.3 Å². The van der Waals surface area contributed by atoms with Gasteiger partial charge in [-0.3, -0.25) is 0 Å². The maximum Gasteiger partial charge on any atom is 0.175 e. The van der Waals surface area contributed by atoms with Crippen LogP contribution in [0.1, 0.15) is 33.3 Å². The molecule has 0 aliphatic heterocycles. The van der Waals surface area contributed by atoms with Crippen LogP contribution in [0.4, 0.5) is 4.39 Å². The number of rotatable bonds is 7. The van der Waals surface area contributed by atoms with Gasteiger partial charge in [0.1, 0.15) is 5.82 Å². The van der Waals surface area contributed by atoms with Crippen LogP contribution < -0.4 is 0 Å². The number of benzene rings is 2. The number of nitrogens with zero attached hydrogens (tertiary/aromatic N) is 1. The van der Waals surface area contributed by atoms with Crippen molar-refractivity contribution in [1.29, 1.82) is 0 Å². The fourth-order valence-electron chi connectivity index (χ4n) is 2.98. The zero-order valence-electron chi connectivity index (χ0n) is 16.8. The standard InChI is InChI=1S/C20H23FNO2P.C2H6/c1-4-23-25(24-5-2)14-17-13-22(3)20-11-8-16(12-19(17)20)15-6-9-18(21)10-7-15;1-2/h6-13H,4-5,14H2,1-3H3;1-2H3. The second kappa shape index (κ2) is 10.6. The van der Waals surface area contributed by atoms with E-state index in [1.54, 1.807) is 0 Å². The second-order valence-electron chi connectivity index (χ2n) is 5.83. The van der Waals surface area contributed by atoms with Crippen LogP contribution >= 0.6 is 8.38 Å². The molecule has 3 nitrogen and oxygen atoms in total. The molecule has 3 rings (SSSR count). The largest absolute Gasteiger partial charge is 0.350 e. The van der Waals surface area contributed by atoms with Crippen LogP contribution in [0, 0.1) is 5.82 Å². The molecule has 0 spiro atoms. The Kier molecular flexibility index (Phi) is 8.43. The summed E-state index contributed by atoms with van der Waals surface area (Å²) in [5.41, 5.74) is 4.48. The monoisotopic (exact) mass is 389 g/mol. The van der Waals surface area contributed by atoms with Gasteiger partial charge in [-0.15, -0.1) is 0 Å². The van der Waals surface area contributed by atoms with Crippen LogP contribution in [0.3, 0.4) is 0 Å². The quantitative estimate of drug-likeness (QED) is 0.411. The van der Waals surface area contributed by atoms with Crippen molar-refractivity contribution < 1.29 is 13.4 Å². The highest BCUT2D eigenvalue weighted by Crippen LogP contribution is 2.44. The first-order valence-electron chi connectivity index (χ1n) is 9.49. The summed E-state index contributed by atoms with van der Waals surface area (Å²) in [5.74, 6) is -0.218. The van der Waals surface area contributed by atoms with Crippen molar-refractivity contribution in [3.05, 3.63) is 60.0 Å². The maximum absolute atomic E-state index is 13.2.